The fourth-order valence-electron chi connectivity index (χ4n) is 3.31. The first-order valence-corrected chi connectivity index (χ1v) is 6.83. The van der Waals surface area contributed by atoms with Gasteiger partial charge >= 0.3 is 0 Å². The van der Waals surface area contributed by atoms with E-state index in [0.29, 0.717) is 0 Å². The second-order valence-corrected chi connectivity index (χ2v) is 5.43. The highest BCUT2D eigenvalue weighted by Crippen LogP contribution is 2.33. The van der Waals surface area contributed by atoms with Gasteiger partial charge in [-0.25, -0.2) is 0 Å². The molecular weight excluding hydrogens is 200 g/mol. The first kappa shape index (κ1) is 12.3. The Morgan fingerprint density at radius 2 is 2.12 bits per heavy atom. The summed E-state index contributed by atoms with van der Waals surface area (Å²) in [5.41, 5.74) is 6.30. The molecule has 0 amide bonds. The van der Waals surface area contributed by atoms with Gasteiger partial charge in [-0.3, -0.25) is 4.90 Å². The van der Waals surface area contributed by atoms with Crippen molar-refractivity contribution < 1.29 is 4.74 Å². The highest BCUT2D eigenvalue weighted by atomic mass is 16.5. The van der Waals surface area contributed by atoms with Crippen LogP contribution in [0.15, 0.2) is 0 Å². The van der Waals surface area contributed by atoms with Crippen LogP contribution in [-0.2, 0) is 4.74 Å². The average molecular weight is 226 g/mol. The Morgan fingerprint density at radius 1 is 1.38 bits per heavy atom. The predicted molar refractivity (Wildman–Crippen MR) is 66.4 cm³/mol. The summed E-state index contributed by atoms with van der Waals surface area (Å²) in [5.74, 6) is 0.913. The van der Waals surface area contributed by atoms with Crippen LogP contribution in [0.25, 0.3) is 0 Å². The largest absolute Gasteiger partial charge is 0.381 e. The minimum absolute atomic E-state index is 0.265. The molecule has 16 heavy (non-hydrogen) atoms. The van der Waals surface area contributed by atoms with Crippen LogP contribution in [0.3, 0.4) is 0 Å². The first-order chi connectivity index (χ1) is 7.80. The van der Waals surface area contributed by atoms with E-state index in [9.17, 15) is 0 Å². The van der Waals surface area contributed by atoms with E-state index in [-0.39, 0.29) is 5.54 Å². The summed E-state index contributed by atoms with van der Waals surface area (Å²) in [5, 5.41) is 0. The molecule has 0 saturated carbocycles. The van der Waals surface area contributed by atoms with E-state index in [2.05, 4.69) is 11.8 Å². The van der Waals surface area contributed by atoms with Crippen molar-refractivity contribution in [2.75, 3.05) is 32.8 Å². The minimum atomic E-state index is 0.265. The van der Waals surface area contributed by atoms with Gasteiger partial charge in [0, 0.05) is 31.8 Å². The molecule has 0 bridgehead atoms. The third kappa shape index (κ3) is 2.41. The summed E-state index contributed by atoms with van der Waals surface area (Å²) in [6.45, 7) is 7.40. The maximum atomic E-state index is 6.04. The molecule has 1 atom stereocenters. The Morgan fingerprint density at radius 3 is 2.75 bits per heavy atom. The molecule has 0 radical (unpaired) electrons. The summed E-state index contributed by atoms with van der Waals surface area (Å²) >= 11 is 0. The van der Waals surface area contributed by atoms with Crippen LogP contribution >= 0.6 is 0 Å². The molecule has 0 aromatic rings. The molecule has 3 heteroatoms. The third-order valence-electron chi connectivity index (χ3n) is 4.46. The topological polar surface area (TPSA) is 38.5 Å². The van der Waals surface area contributed by atoms with Crippen molar-refractivity contribution >= 4 is 0 Å². The van der Waals surface area contributed by atoms with Crippen LogP contribution in [-0.4, -0.2) is 43.3 Å². The maximum absolute atomic E-state index is 6.04. The van der Waals surface area contributed by atoms with Crippen molar-refractivity contribution in [1.82, 2.24) is 4.90 Å². The maximum Gasteiger partial charge on any atom is 0.0484 e. The lowest BCUT2D eigenvalue weighted by Crippen LogP contribution is -2.56. The Kier molecular flexibility index (Phi) is 4.22. The lowest BCUT2D eigenvalue weighted by Gasteiger charge is -2.44. The second kappa shape index (κ2) is 5.48. The molecule has 3 nitrogen and oxygen atoms in total. The molecule has 2 fully saturated rings. The van der Waals surface area contributed by atoms with Crippen LogP contribution in [0.1, 0.15) is 39.0 Å². The number of rotatable bonds is 4. The normalized spacial score (nSPS) is 30.8. The third-order valence-corrected chi connectivity index (χ3v) is 4.46. The zero-order valence-corrected chi connectivity index (χ0v) is 10.6. The van der Waals surface area contributed by atoms with Gasteiger partial charge in [-0.2, -0.15) is 0 Å². The minimum Gasteiger partial charge on any atom is -0.381 e. The van der Waals surface area contributed by atoms with Crippen molar-refractivity contribution in [3.63, 3.8) is 0 Å². The quantitative estimate of drug-likeness (QED) is 0.791. The number of hydrogen-bond donors (Lipinski definition) is 1. The molecule has 2 aliphatic rings. The highest BCUT2D eigenvalue weighted by Gasteiger charge is 2.40. The SMILES string of the molecule is CCCC1CCN(C2(CN)CCOCC2)C1. The van der Waals surface area contributed by atoms with Gasteiger partial charge in [0.1, 0.15) is 0 Å². The Balaban J connectivity index is 1.94. The van der Waals surface area contributed by atoms with Gasteiger partial charge in [-0.1, -0.05) is 13.3 Å². The van der Waals surface area contributed by atoms with Crippen LogP contribution in [0, 0.1) is 5.92 Å². The Bertz CT molecular complexity index is 214. The van der Waals surface area contributed by atoms with E-state index in [1.54, 1.807) is 0 Å². The van der Waals surface area contributed by atoms with Gasteiger partial charge in [0.15, 0.2) is 0 Å². The smallest absolute Gasteiger partial charge is 0.0484 e. The van der Waals surface area contributed by atoms with Gasteiger partial charge in [0.05, 0.1) is 0 Å². The molecule has 0 spiro atoms. The fraction of sp³-hybridized carbons (Fsp3) is 1.00. The Hall–Kier alpha value is -0.120. The molecule has 2 aliphatic heterocycles. The molecule has 0 aromatic carbocycles. The molecule has 0 aliphatic carbocycles. The van der Waals surface area contributed by atoms with E-state index >= 15 is 0 Å². The fourth-order valence-corrected chi connectivity index (χ4v) is 3.31. The monoisotopic (exact) mass is 226 g/mol. The lowest BCUT2D eigenvalue weighted by atomic mass is 9.88. The zero-order valence-electron chi connectivity index (χ0n) is 10.6. The first-order valence-electron chi connectivity index (χ1n) is 6.83. The van der Waals surface area contributed by atoms with Gasteiger partial charge in [0.2, 0.25) is 0 Å². The van der Waals surface area contributed by atoms with E-state index in [1.165, 1.54) is 32.4 Å². The summed E-state index contributed by atoms with van der Waals surface area (Å²) in [6.07, 6.45) is 6.33. The number of nitrogens with zero attached hydrogens (tertiary/aromatic N) is 1. The highest BCUT2D eigenvalue weighted by molar-refractivity contribution is 4.96. The van der Waals surface area contributed by atoms with Crippen LogP contribution in [0.5, 0.6) is 0 Å². The van der Waals surface area contributed by atoms with Crippen molar-refractivity contribution in [2.24, 2.45) is 11.7 Å². The molecule has 0 aromatic heterocycles. The molecule has 2 saturated heterocycles. The molecule has 1 unspecified atom stereocenters. The van der Waals surface area contributed by atoms with E-state index in [4.69, 9.17) is 10.5 Å². The van der Waals surface area contributed by atoms with Gasteiger partial charge in [-0.15, -0.1) is 0 Å². The summed E-state index contributed by atoms with van der Waals surface area (Å²) < 4.78 is 5.48. The molecule has 94 valence electrons. The van der Waals surface area contributed by atoms with Crippen LogP contribution < -0.4 is 5.73 Å². The lowest BCUT2D eigenvalue weighted by molar-refractivity contribution is -0.0157. The summed E-state index contributed by atoms with van der Waals surface area (Å²) in [6, 6.07) is 0. The van der Waals surface area contributed by atoms with Crippen molar-refractivity contribution in [3.8, 4) is 0 Å². The van der Waals surface area contributed by atoms with E-state index in [0.717, 1.165) is 38.5 Å². The number of likely N-dealkylation sites (tertiary alicyclic amines) is 1. The summed E-state index contributed by atoms with van der Waals surface area (Å²) in [7, 11) is 0. The molecular formula is C13H26N2O. The van der Waals surface area contributed by atoms with E-state index < -0.39 is 0 Å². The van der Waals surface area contributed by atoms with Crippen LogP contribution in [0.2, 0.25) is 0 Å². The van der Waals surface area contributed by atoms with Crippen LogP contribution in [0.4, 0.5) is 0 Å². The molecule has 2 N–H and O–H groups in total. The number of ether oxygens (including phenoxy) is 1. The van der Waals surface area contributed by atoms with Crippen molar-refractivity contribution in [2.45, 2.75) is 44.6 Å². The summed E-state index contributed by atoms with van der Waals surface area (Å²) in [4.78, 5) is 2.66. The van der Waals surface area contributed by atoms with Crippen molar-refractivity contribution in [1.29, 1.82) is 0 Å². The average Bonchev–Trinajstić information content (AvgIpc) is 2.80. The van der Waals surface area contributed by atoms with Crippen molar-refractivity contribution in [3.05, 3.63) is 0 Å². The second-order valence-electron chi connectivity index (χ2n) is 5.43. The van der Waals surface area contributed by atoms with Gasteiger partial charge < -0.3 is 10.5 Å². The molecule has 2 heterocycles. The Labute approximate surface area is 99.3 Å². The van der Waals surface area contributed by atoms with Gasteiger partial charge in [0.25, 0.3) is 0 Å². The molecule has 2 rings (SSSR count). The van der Waals surface area contributed by atoms with Gasteiger partial charge in [-0.05, 0) is 38.1 Å². The zero-order chi connectivity index (χ0) is 11.4. The predicted octanol–water partition coefficient (Wildman–Crippen LogP) is 1.62. The standard InChI is InChI=1S/C13H26N2O/c1-2-3-12-4-7-15(10-12)13(11-14)5-8-16-9-6-13/h12H,2-11,14H2,1H3. The number of nitrogens with two attached hydrogens (primary N) is 1. The number of hydrogen-bond acceptors (Lipinski definition) is 3. The van der Waals surface area contributed by atoms with E-state index in [1.807, 2.05) is 0 Å².